The van der Waals surface area contributed by atoms with Gasteiger partial charge in [0.1, 0.15) is 5.82 Å². The van der Waals surface area contributed by atoms with Crippen molar-refractivity contribution in [3.63, 3.8) is 0 Å². The maximum atomic E-state index is 12.6. The zero-order valence-electron chi connectivity index (χ0n) is 18.8. The zero-order valence-corrected chi connectivity index (χ0v) is 18.8. The number of benzene rings is 2. The molecule has 0 spiro atoms. The Kier molecular flexibility index (Phi) is 6.31. The van der Waals surface area contributed by atoms with E-state index in [0.717, 1.165) is 28.2 Å². The number of aromatic amines is 1. The maximum Gasteiger partial charge on any atom is 0.251 e. The summed E-state index contributed by atoms with van der Waals surface area (Å²) >= 11 is 0. The van der Waals surface area contributed by atoms with Gasteiger partial charge in [-0.15, -0.1) is 0 Å². The molecule has 0 fully saturated rings. The van der Waals surface area contributed by atoms with Crippen LogP contribution < -0.4 is 10.9 Å². The highest BCUT2D eigenvalue weighted by Gasteiger charge is 2.11. The molecule has 4 aromatic rings. The van der Waals surface area contributed by atoms with E-state index < -0.39 is 0 Å². The third-order valence-electron chi connectivity index (χ3n) is 5.31. The van der Waals surface area contributed by atoms with Crippen molar-refractivity contribution in [2.24, 2.45) is 0 Å². The number of aryl methyl sites for hydroxylation is 2. The fourth-order valence-electron chi connectivity index (χ4n) is 3.63. The molecule has 166 valence electrons. The van der Waals surface area contributed by atoms with Gasteiger partial charge in [0.2, 0.25) is 5.91 Å². The Bertz CT molecular complexity index is 1380. The van der Waals surface area contributed by atoms with Gasteiger partial charge in [-0.25, -0.2) is 9.67 Å². The Balaban J connectivity index is 1.52. The van der Waals surface area contributed by atoms with Crippen LogP contribution in [0.3, 0.4) is 0 Å². The van der Waals surface area contributed by atoms with Gasteiger partial charge in [0.25, 0.3) is 5.56 Å². The highest BCUT2D eigenvalue weighted by atomic mass is 16.1. The van der Waals surface area contributed by atoms with Gasteiger partial charge in [-0.05, 0) is 50.6 Å². The summed E-state index contributed by atoms with van der Waals surface area (Å²) in [6.07, 6.45) is 3.94. The van der Waals surface area contributed by atoms with Gasteiger partial charge in [-0.1, -0.05) is 37.3 Å². The Labute approximate surface area is 191 Å². The number of para-hydroxylation sites is 1. The van der Waals surface area contributed by atoms with Gasteiger partial charge in [-0.2, -0.15) is 5.10 Å². The first-order valence-electron chi connectivity index (χ1n) is 10.8. The van der Waals surface area contributed by atoms with Crippen molar-refractivity contribution in [2.45, 2.75) is 27.2 Å². The minimum absolute atomic E-state index is 0.198. The summed E-state index contributed by atoms with van der Waals surface area (Å²) in [5, 5.41) is 7.48. The number of rotatable bonds is 6. The molecule has 7 nitrogen and oxygen atoms in total. The van der Waals surface area contributed by atoms with Crippen LogP contribution in [0.5, 0.6) is 0 Å². The maximum absolute atomic E-state index is 12.6. The molecule has 0 saturated carbocycles. The highest BCUT2D eigenvalue weighted by molar-refractivity contribution is 6.02. The largest absolute Gasteiger partial charge is 0.322 e. The minimum atomic E-state index is -0.262. The zero-order chi connectivity index (χ0) is 23.4. The number of carbonyl (C=O) groups is 1. The van der Waals surface area contributed by atoms with Crippen LogP contribution in [0.2, 0.25) is 0 Å². The number of hydrogen-bond acceptors (Lipinski definition) is 4. The molecule has 0 saturated heterocycles. The third-order valence-corrected chi connectivity index (χ3v) is 5.31. The van der Waals surface area contributed by atoms with Gasteiger partial charge in [0, 0.05) is 40.3 Å². The third kappa shape index (κ3) is 4.98. The quantitative estimate of drug-likeness (QED) is 0.434. The van der Waals surface area contributed by atoms with Gasteiger partial charge in [-0.3, -0.25) is 9.59 Å². The standard InChI is InChI=1S/C26H25N5O2/c1-4-20-16-25(33)29-26(28-20)19-9-8-10-21(15-19)27-24(32)14-13-23-17(2)30-31(18(23)3)22-11-6-5-7-12-22/h5-16H,4H2,1-3H3,(H,27,32)(H,28,29,33). The molecule has 1 amide bonds. The summed E-state index contributed by atoms with van der Waals surface area (Å²) in [4.78, 5) is 31.7. The number of nitrogens with zero attached hydrogens (tertiary/aromatic N) is 3. The summed E-state index contributed by atoms with van der Waals surface area (Å²) < 4.78 is 1.87. The Morgan fingerprint density at radius 1 is 1.09 bits per heavy atom. The van der Waals surface area contributed by atoms with E-state index >= 15 is 0 Å². The number of amides is 1. The minimum Gasteiger partial charge on any atom is -0.322 e. The molecule has 2 aromatic heterocycles. The monoisotopic (exact) mass is 439 g/mol. The molecule has 0 aliphatic heterocycles. The van der Waals surface area contributed by atoms with E-state index in [-0.39, 0.29) is 11.5 Å². The molecule has 0 unspecified atom stereocenters. The summed E-state index contributed by atoms with van der Waals surface area (Å²) in [5.41, 5.74) is 5.52. The lowest BCUT2D eigenvalue weighted by Crippen LogP contribution is -2.10. The van der Waals surface area contributed by atoms with Crippen molar-refractivity contribution in [3.8, 4) is 17.1 Å². The Morgan fingerprint density at radius 3 is 2.64 bits per heavy atom. The second kappa shape index (κ2) is 9.48. The van der Waals surface area contributed by atoms with E-state index in [4.69, 9.17) is 0 Å². The molecule has 4 rings (SSSR count). The van der Waals surface area contributed by atoms with Crippen molar-refractivity contribution < 1.29 is 4.79 Å². The van der Waals surface area contributed by atoms with Gasteiger partial charge >= 0.3 is 0 Å². The summed E-state index contributed by atoms with van der Waals surface area (Å²) in [5.74, 6) is 0.215. The predicted octanol–water partition coefficient (Wildman–Crippen LogP) is 4.45. The molecule has 0 bridgehead atoms. The summed E-state index contributed by atoms with van der Waals surface area (Å²) in [6.45, 7) is 5.85. The second-order valence-corrected chi connectivity index (χ2v) is 7.67. The fourth-order valence-corrected chi connectivity index (χ4v) is 3.63. The lowest BCUT2D eigenvalue weighted by Gasteiger charge is -2.07. The molecule has 7 heteroatoms. The van der Waals surface area contributed by atoms with Crippen LogP contribution in [0, 0.1) is 13.8 Å². The highest BCUT2D eigenvalue weighted by Crippen LogP contribution is 2.21. The van der Waals surface area contributed by atoms with E-state index in [2.05, 4.69) is 20.4 Å². The van der Waals surface area contributed by atoms with Crippen molar-refractivity contribution in [1.29, 1.82) is 0 Å². The van der Waals surface area contributed by atoms with E-state index in [1.54, 1.807) is 18.2 Å². The summed E-state index contributed by atoms with van der Waals surface area (Å²) in [6, 6.07) is 18.6. The molecule has 0 aliphatic rings. The van der Waals surface area contributed by atoms with Crippen LogP contribution in [0.4, 0.5) is 5.69 Å². The Hall–Kier alpha value is -4.26. The molecule has 0 atom stereocenters. The lowest BCUT2D eigenvalue weighted by molar-refractivity contribution is -0.111. The predicted molar refractivity (Wildman–Crippen MR) is 130 cm³/mol. The van der Waals surface area contributed by atoms with Crippen molar-refractivity contribution in [1.82, 2.24) is 19.7 Å². The van der Waals surface area contributed by atoms with E-state index in [1.165, 1.54) is 12.1 Å². The number of hydrogen-bond donors (Lipinski definition) is 2. The van der Waals surface area contributed by atoms with Gasteiger partial charge in [0.15, 0.2) is 0 Å². The van der Waals surface area contributed by atoms with Crippen LogP contribution in [0.1, 0.15) is 29.6 Å². The van der Waals surface area contributed by atoms with Crippen molar-refractivity contribution >= 4 is 17.7 Å². The van der Waals surface area contributed by atoms with E-state index in [1.807, 2.05) is 67.9 Å². The topological polar surface area (TPSA) is 92.7 Å². The molecule has 2 aromatic carbocycles. The van der Waals surface area contributed by atoms with Crippen LogP contribution in [0.15, 0.2) is 71.5 Å². The normalized spacial score (nSPS) is 11.1. The van der Waals surface area contributed by atoms with Crippen LogP contribution in [-0.4, -0.2) is 25.7 Å². The van der Waals surface area contributed by atoms with Gasteiger partial charge < -0.3 is 10.3 Å². The molecule has 2 heterocycles. The lowest BCUT2D eigenvalue weighted by atomic mass is 10.1. The second-order valence-electron chi connectivity index (χ2n) is 7.67. The van der Waals surface area contributed by atoms with Crippen molar-refractivity contribution in [2.75, 3.05) is 5.32 Å². The Morgan fingerprint density at radius 2 is 1.88 bits per heavy atom. The number of carbonyl (C=O) groups excluding carboxylic acids is 1. The van der Waals surface area contributed by atoms with Crippen molar-refractivity contribution in [3.05, 3.63) is 99.7 Å². The first-order valence-corrected chi connectivity index (χ1v) is 10.8. The average molecular weight is 440 g/mol. The van der Waals surface area contributed by atoms with Gasteiger partial charge in [0.05, 0.1) is 11.4 Å². The van der Waals surface area contributed by atoms with E-state index in [0.29, 0.717) is 23.6 Å². The molecule has 33 heavy (non-hydrogen) atoms. The van der Waals surface area contributed by atoms with Crippen LogP contribution in [-0.2, 0) is 11.2 Å². The molecular formula is C26H25N5O2. The number of H-pyrrole nitrogens is 1. The summed E-state index contributed by atoms with van der Waals surface area (Å²) in [7, 11) is 0. The van der Waals surface area contributed by atoms with E-state index in [9.17, 15) is 9.59 Å². The molecular weight excluding hydrogens is 414 g/mol. The fraction of sp³-hybridized carbons (Fsp3) is 0.154. The average Bonchev–Trinajstić information content (AvgIpc) is 3.11. The molecule has 0 aliphatic carbocycles. The molecule has 2 N–H and O–H groups in total. The van der Waals surface area contributed by atoms with Crippen LogP contribution >= 0.6 is 0 Å². The first kappa shape index (κ1) is 22.0. The number of anilines is 1. The van der Waals surface area contributed by atoms with Crippen LogP contribution in [0.25, 0.3) is 23.2 Å². The first-order chi connectivity index (χ1) is 15.9. The number of nitrogens with one attached hydrogen (secondary N) is 2. The number of aromatic nitrogens is 4. The molecule has 0 radical (unpaired) electrons. The SMILES string of the molecule is CCc1cc(=O)[nH]c(-c2cccc(NC(=O)C=Cc3c(C)nn(-c4ccccc4)c3C)c2)n1. The smallest absolute Gasteiger partial charge is 0.251 e.